The fourth-order valence-electron chi connectivity index (χ4n) is 3.74. The fourth-order valence-corrected chi connectivity index (χ4v) is 3.74. The molecule has 1 heteroatoms. The summed E-state index contributed by atoms with van der Waals surface area (Å²) in [6, 6.07) is 0. The van der Waals surface area contributed by atoms with E-state index in [-0.39, 0.29) is 0 Å². The van der Waals surface area contributed by atoms with Crippen molar-refractivity contribution in [1.29, 1.82) is 0 Å². The van der Waals surface area contributed by atoms with Gasteiger partial charge in [-0.25, -0.2) is 0 Å². The molecule has 3 aliphatic rings. The molecule has 1 nitrogen and oxygen atoms in total. The van der Waals surface area contributed by atoms with Gasteiger partial charge in [0.25, 0.3) is 0 Å². The standard InChI is InChI=1S/C10H14O/c11-9-6-7-2-3-8(9)10(7)4-1-5-10/h7-8H,1-6H2. The van der Waals surface area contributed by atoms with E-state index >= 15 is 0 Å². The van der Waals surface area contributed by atoms with Crippen LogP contribution in [0.3, 0.4) is 0 Å². The van der Waals surface area contributed by atoms with Crippen LogP contribution in [0.4, 0.5) is 0 Å². The molecule has 60 valence electrons. The van der Waals surface area contributed by atoms with Gasteiger partial charge in [0.2, 0.25) is 0 Å². The number of hydrogen-bond acceptors (Lipinski definition) is 1. The van der Waals surface area contributed by atoms with Gasteiger partial charge in [-0.15, -0.1) is 0 Å². The molecule has 0 heterocycles. The van der Waals surface area contributed by atoms with E-state index in [1.165, 1.54) is 32.1 Å². The minimum Gasteiger partial charge on any atom is -0.299 e. The van der Waals surface area contributed by atoms with Gasteiger partial charge >= 0.3 is 0 Å². The zero-order valence-electron chi connectivity index (χ0n) is 6.81. The van der Waals surface area contributed by atoms with Crippen molar-refractivity contribution in [2.45, 2.75) is 38.5 Å². The lowest BCUT2D eigenvalue weighted by Gasteiger charge is -2.42. The van der Waals surface area contributed by atoms with Crippen LogP contribution in [-0.4, -0.2) is 5.78 Å². The highest BCUT2D eigenvalue weighted by Crippen LogP contribution is 2.65. The molecule has 2 atom stereocenters. The van der Waals surface area contributed by atoms with Gasteiger partial charge in [0.05, 0.1) is 0 Å². The summed E-state index contributed by atoms with van der Waals surface area (Å²) in [6.45, 7) is 0. The number of hydrogen-bond donors (Lipinski definition) is 0. The van der Waals surface area contributed by atoms with E-state index in [4.69, 9.17) is 0 Å². The van der Waals surface area contributed by atoms with E-state index in [1.807, 2.05) is 0 Å². The minimum atomic E-state index is 0.515. The second kappa shape index (κ2) is 1.70. The summed E-state index contributed by atoms with van der Waals surface area (Å²) in [7, 11) is 0. The molecule has 0 N–H and O–H groups in total. The van der Waals surface area contributed by atoms with Crippen molar-refractivity contribution in [3.8, 4) is 0 Å². The van der Waals surface area contributed by atoms with Crippen LogP contribution >= 0.6 is 0 Å². The lowest BCUT2D eigenvalue weighted by atomic mass is 9.62. The Hall–Kier alpha value is -0.330. The van der Waals surface area contributed by atoms with Crippen LogP contribution in [0.25, 0.3) is 0 Å². The maximum absolute atomic E-state index is 11.4. The second-order valence-corrected chi connectivity index (χ2v) is 4.58. The molecule has 0 aromatic rings. The Kier molecular flexibility index (Phi) is 0.961. The van der Waals surface area contributed by atoms with Crippen molar-refractivity contribution in [2.75, 3.05) is 0 Å². The zero-order chi connectivity index (χ0) is 7.47. The van der Waals surface area contributed by atoms with E-state index in [9.17, 15) is 4.79 Å². The van der Waals surface area contributed by atoms with Crippen LogP contribution in [0.15, 0.2) is 0 Å². The van der Waals surface area contributed by atoms with Crippen LogP contribution in [-0.2, 0) is 4.79 Å². The molecule has 3 aliphatic carbocycles. The molecule has 0 aliphatic heterocycles. The zero-order valence-corrected chi connectivity index (χ0v) is 6.81. The van der Waals surface area contributed by atoms with E-state index in [1.54, 1.807) is 0 Å². The molecule has 2 bridgehead atoms. The van der Waals surface area contributed by atoms with Crippen LogP contribution in [0, 0.1) is 17.3 Å². The monoisotopic (exact) mass is 150 g/mol. The average Bonchev–Trinajstić information content (AvgIpc) is 2.36. The smallest absolute Gasteiger partial charge is 0.136 e. The van der Waals surface area contributed by atoms with Gasteiger partial charge in [0, 0.05) is 12.3 Å². The number of carbonyl (C=O) groups is 1. The van der Waals surface area contributed by atoms with Crippen LogP contribution < -0.4 is 0 Å². The van der Waals surface area contributed by atoms with Crippen LogP contribution in [0.2, 0.25) is 0 Å². The molecular weight excluding hydrogens is 136 g/mol. The molecule has 0 aromatic heterocycles. The van der Waals surface area contributed by atoms with E-state index in [0.717, 1.165) is 12.3 Å². The summed E-state index contributed by atoms with van der Waals surface area (Å²) in [6.07, 6.45) is 7.65. The highest BCUT2D eigenvalue weighted by molar-refractivity contribution is 5.86. The Morgan fingerprint density at radius 2 is 2.09 bits per heavy atom. The van der Waals surface area contributed by atoms with E-state index in [0.29, 0.717) is 17.1 Å². The molecule has 2 unspecified atom stereocenters. The molecule has 11 heavy (non-hydrogen) atoms. The van der Waals surface area contributed by atoms with Crippen molar-refractivity contribution in [3.63, 3.8) is 0 Å². The van der Waals surface area contributed by atoms with E-state index in [2.05, 4.69) is 0 Å². The normalized spacial score (nSPS) is 44.9. The minimum absolute atomic E-state index is 0.515. The molecular formula is C10H14O. The van der Waals surface area contributed by atoms with Gasteiger partial charge in [0.1, 0.15) is 5.78 Å². The van der Waals surface area contributed by atoms with Gasteiger partial charge in [-0.05, 0) is 37.0 Å². The molecule has 0 aromatic carbocycles. The van der Waals surface area contributed by atoms with Crippen LogP contribution in [0.1, 0.15) is 38.5 Å². The first kappa shape index (κ1) is 6.22. The molecule has 0 saturated heterocycles. The molecule has 3 saturated carbocycles. The van der Waals surface area contributed by atoms with Gasteiger partial charge in [-0.3, -0.25) is 4.79 Å². The second-order valence-electron chi connectivity index (χ2n) is 4.58. The quantitative estimate of drug-likeness (QED) is 0.517. The Labute approximate surface area is 67.2 Å². The first-order chi connectivity index (χ1) is 5.33. The summed E-state index contributed by atoms with van der Waals surface area (Å²) in [4.78, 5) is 11.4. The molecule has 0 amide bonds. The van der Waals surface area contributed by atoms with Crippen molar-refractivity contribution >= 4 is 5.78 Å². The summed E-state index contributed by atoms with van der Waals surface area (Å²) < 4.78 is 0. The summed E-state index contributed by atoms with van der Waals surface area (Å²) in [5, 5.41) is 0. The highest BCUT2D eigenvalue weighted by atomic mass is 16.1. The van der Waals surface area contributed by atoms with Gasteiger partial charge < -0.3 is 0 Å². The van der Waals surface area contributed by atoms with Crippen molar-refractivity contribution < 1.29 is 4.79 Å². The summed E-state index contributed by atoms with van der Waals surface area (Å²) in [5.41, 5.74) is 0.567. The Morgan fingerprint density at radius 1 is 1.27 bits per heavy atom. The fraction of sp³-hybridized carbons (Fsp3) is 0.900. The number of rotatable bonds is 0. The maximum Gasteiger partial charge on any atom is 0.136 e. The third-order valence-corrected chi connectivity index (χ3v) is 4.43. The van der Waals surface area contributed by atoms with Crippen LogP contribution in [0.5, 0.6) is 0 Å². The largest absolute Gasteiger partial charge is 0.299 e. The number of carbonyl (C=O) groups excluding carboxylic acids is 1. The Morgan fingerprint density at radius 3 is 2.36 bits per heavy atom. The predicted molar refractivity (Wildman–Crippen MR) is 42.1 cm³/mol. The van der Waals surface area contributed by atoms with Gasteiger partial charge in [0.15, 0.2) is 0 Å². The number of Topliss-reactive ketones (excluding diaryl/α,β-unsaturated/α-hetero) is 1. The number of ketones is 1. The summed E-state index contributed by atoms with van der Waals surface area (Å²) >= 11 is 0. The Balaban J connectivity index is 2.01. The first-order valence-electron chi connectivity index (χ1n) is 4.86. The third kappa shape index (κ3) is 0.533. The van der Waals surface area contributed by atoms with Crippen molar-refractivity contribution in [2.24, 2.45) is 17.3 Å². The van der Waals surface area contributed by atoms with Gasteiger partial charge in [-0.2, -0.15) is 0 Å². The van der Waals surface area contributed by atoms with Crippen molar-refractivity contribution in [1.82, 2.24) is 0 Å². The van der Waals surface area contributed by atoms with Gasteiger partial charge in [-0.1, -0.05) is 6.42 Å². The van der Waals surface area contributed by atoms with E-state index < -0.39 is 0 Å². The first-order valence-corrected chi connectivity index (χ1v) is 4.86. The highest BCUT2D eigenvalue weighted by Gasteiger charge is 2.60. The topological polar surface area (TPSA) is 17.1 Å². The third-order valence-electron chi connectivity index (χ3n) is 4.43. The average molecular weight is 150 g/mol. The lowest BCUT2D eigenvalue weighted by molar-refractivity contribution is -0.123. The molecule has 0 radical (unpaired) electrons. The molecule has 1 spiro atoms. The van der Waals surface area contributed by atoms with Crippen molar-refractivity contribution in [3.05, 3.63) is 0 Å². The lowest BCUT2D eigenvalue weighted by Crippen LogP contribution is -2.34. The SMILES string of the molecule is O=C1CC2CCC1C21CCC1. The Bertz CT molecular complexity index is 215. The maximum atomic E-state index is 11.4. The molecule has 3 rings (SSSR count). The molecule has 3 fully saturated rings. The predicted octanol–water partition coefficient (Wildman–Crippen LogP) is 2.16. The summed E-state index contributed by atoms with van der Waals surface area (Å²) in [5.74, 6) is 1.93.